The monoisotopic (exact) mass is 389 g/mol. The molecule has 0 aliphatic heterocycles. The van der Waals surface area contributed by atoms with Crippen LogP contribution in [0, 0.1) is 6.92 Å². The molecule has 0 saturated carbocycles. The van der Waals surface area contributed by atoms with E-state index in [-0.39, 0.29) is 30.3 Å². The molecule has 1 aromatic carbocycles. The molecule has 8 heteroatoms. The summed E-state index contributed by atoms with van der Waals surface area (Å²) in [5.74, 6) is -0.111. The van der Waals surface area contributed by atoms with Gasteiger partial charge in [0.2, 0.25) is 5.91 Å². The SMILES string of the molecule is Cc1nc2cc[nH]n2c(=O)c1CC(=O)N(CCN)CCc1ccccc1.Cl. The molecule has 3 rings (SSSR count). The van der Waals surface area contributed by atoms with Crippen molar-refractivity contribution in [3.63, 3.8) is 0 Å². The van der Waals surface area contributed by atoms with Gasteiger partial charge < -0.3 is 10.6 Å². The summed E-state index contributed by atoms with van der Waals surface area (Å²) in [5, 5.41) is 2.83. The number of nitrogens with one attached hydrogen (secondary N) is 1. The third-order valence-electron chi connectivity index (χ3n) is 4.44. The Hall–Kier alpha value is -2.64. The van der Waals surface area contributed by atoms with Gasteiger partial charge in [-0.15, -0.1) is 12.4 Å². The lowest BCUT2D eigenvalue weighted by Gasteiger charge is -2.22. The van der Waals surface area contributed by atoms with E-state index in [0.29, 0.717) is 36.5 Å². The van der Waals surface area contributed by atoms with Gasteiger partial charge >= 0.3 is 0 Å². The second kappa shape index (κ2) is 9.34. The number of aromatic amines is 1. The molecule has 2 aromatic heterocycles. The van der Waals surface area contributed by atoms with Crippen molar-refractivity contribution in [1.82, 2.24) is 19.5 Å². The van der Waals surface area contributed by atoms with Crippen LogP contribution in [0.25, 0.3) is 5.65 Å². The average Bonchev–Trinajstić information content (AvgIpc) is 3.11. The Morgan fingerprint density at radius 1 is 1.22 bits per heavy atom. The third kappa shape index (κ3) is 4.75. The van der Waals surface area contributed by atoms with Gasteiger partial charge in [0.05, 0.1) is 6.42 Å². The van der Waals surface area contributed by atoms with Crippen molar-refractivity contribution in [3.05, 3.63) is 69.8 Å². The molecule has 0 fully saturated rings. The number of H-pyrrole nitrogens is 1. The van der Waals surface area contributed by atoms with E-state index < -0.39 is 0 Å². The molecule has 144 valence electrons. The van der Waals surface area contributed by atoms with Crippen LogP contribution in [0.1, 0.15) is 16.8 Å². The first-order chi connectivity index (χ1) is 12.6. The van der Waals surface area contributed by atoms with Gasteiger partial charge in [-0.25, -0.2) is 9.50 Å². The minimum atomic E-state index is -0.235. The molecule has 0 saturated heterocycles. The summed E-state index contributed by atoms with van der Waals surface area (Å²) < 4.78 is 1.35. The fourth-order valence-electron chi connectivity index (χ4n) is 3.00. The minimum Gasteiger partial charge on any atom is -0.341 e. The van der Waals surface area contributed by atoms with Gasteiger partial charge in [-0.2, -0.15) is 0 Å². The first-order valence-electron chi connectivity index (χ1n) is 8.67. The zero-order valence-electron chi connectivity index (χ0n) is 15.2. The second-order valence-corrected chi connectivity index (χ2v) is 6.22. The number of carbonyl (C=O) groups excluding carboxylic acids is 1. The average molecular weight is 390 g/mol. The summed E-state index contributed by atoms with van der Waals surface area (Å²) in [4.78, 5) is 31.5. The Bertz CT molecular complexity index is 952. The van der Waals surface area contributed by atoms with Crippen molar-refractivity contribution in [2.45, 2.75) is 19.8 Å². The molecule has 27 heavy (non-hydrogen) atoms. The van der Waals surface area contributed by atoms with Crippen LogP contribution in [0.2, 0.25) is 0 Å². The molecular formula is C19H24ClN5O2. The van der Waals surface area contributed by atoms with E-state index in [1.807, 2.05) is 30.3 Å². The van der Waals surface area contributed by atoms with Crippen LogP contribution in [0.3, 0.4) is 0 Å². The van der Waals surface area contributed by atoms with E-state index >= 15 is 0 Å². The molecule has 0 aliphatic carbocycles. The highest BCUT2D eigenvalue weighted by atomic mass is 35.5. The lowest BCUT2D eigenvalue weighted by atomic mass is 10.1. The topological polar surface area (TPSA) is 96.5 Å². The molecule has 0 spiro atoms. The summed E-state index contributed by atoms with van der Waals surface area (Å²) >= 11 is 0. The maximum Gasteiger partial charge on any atom is 0.276 e. The molecule has 7 nitrogen and oxygen atoms in total. The standard InChI is InChI=1S/C19H23N5O2.ClH/c1-14-16(19(26)24-17(22-14)7-10-21-24)13-18(25)23(12-9-20)11-8-15-5-3-2-4-6-15;/h2-7,10,21H,8-9,11-13,20H2,1H3;1H. The van der Waals surface area contributed by atoms with Crippen molar-refractivity contribution >= 4 is 24.0 Å². The van der Waals surface area contributed by atoms with Gasteiger partial charge in [0.1, 0.15) is 0 Å². The number of aryl methyl sites for hydroxylation is 1. The van der Waals surface area contributed by atoms with E-state index in [2.05, 4.69) is 10.1 Å². The lowest BCUT2D eigenvalue weighted by molar-refractivity contribution is -0.130. The lowest BCUT2D eigenvalue weighted by Crippen LogP contribution is -2.39. The summed E-state index contributed by atoms with van der Waals surface area (Å²) in [6, 6.07) is 11.7. The molecule has 0 bridgehead atoms. The summed E-state index contributed by atoms with van der Waals surface area (Å²) in [7, 11) is 0. The van der Waals surface area contributed by atoms with E-state index in [1.54, 1.807) is 24.1 Å². The molecule has 0 radical (unpaired) electrons. The van der Waals surface area contributed by atoms with Gasteiger partial charge in [0, 0.05) is 43.2 Å². The molecule has 0 unspecified atom stereocenters. The first-order valence-corrected chi connectivity index (χ1v) is 8.67. The number of carbonyl (C=O) groups is 1. The zero-order chi connectivity index (χ0) is 18.5. The molecule has 2 heterocycles. The van der Waals surface area contributed by atoms with E-state index in [0.717, 1.165) is 12.0 Å². The number of nitrogens with two attached hydrogens (primary N) is 1. The van der Waals surface area contributed by atoms with Crippen LogP contribution >= 0.6 is 12.4 Å². The molecule has 3 N–H and O–H groups in total. The van der Waals surface area contributed by atoms with Crippen molar-refractivity contribution in [2.75, 3.05) is 19.6 Å². The van der Waals surface area contributed by atoms with Gasteiger partial charge in [-0.05, 0) is 18.9 Å². The highest BCUT2D eigenvalue weighted by Gasteiger charge is 2.18. The highest BCUT2D eigenvalue weighted by molar-refractivity contribution is 5.85. The number of benzene rings is 1. The zero-order valence-corrected chi connectivity index (χ0v) is 16.0. The normalized spacial score (nSPS) is 10.6. The number of halogens is 1. The predicted octanol–water partition coefficient (Wildman–Crippen LogP) is 1.33. The van der Waals surface area contributed by atoms with Crippen LogP contribution in [0.5, 0.6) is 0 Å². The van der Waals surface area contributed by atoms with Gasteiger partial charge in [-0.3, -0.25) is 14.7 Å². The van der Waals surface area contributed by atoms with Gasteiger partial charge in [0.15, 0.2) is 5.65 Å². The maximum absolute atomic E-state index is 12.8. The number of nitrogens with zero attached hydrogens (tertiary/aromatic N) is 3. The van der Waals surface area contributed by atoms with Crippen LogP contribution in [-0.4, -0.2) is 45.0 Å². The van der Waals surface area contributed by atoms with Crippen LogP contribution in [0.15, 0.2) is 47.4 Å². The van der Waals surface area contributed by atoms with Crippen LogP contribution in [-0.2, 0) is 17.6 Å². The Kier molecular flexibility index (Phi) is 7.15. The number of hydrogen-bond donors (Lipinski definition) is 2. The number of rotatable bonds is 7. The number of aromatic nitrogens is 3. The summed E-state index contributed by atoms with van der Waals surface area (Å²) in [6.45, 7) is 3.17. The Labute approximate surface area is 163 Å². The number of amides is 1. The molecule has 0 aliphatic rings. The molecule has 1 amide bonds. The minimum absolute atomic E-state index is 0. The largest absolute Gasteiger partial charge is 0.341 e. The molecular weight excluding hydrogens is 366 g/mol. The van der Waals surface area contributed by atoms with E-state index in [1.165, 1.54) is 4.52 Å². The van der Waals surface area contributed by atoms with Crippen molar-refractivity contribution < 1.29 is 4.79 Å². The van der Waals surface area contributed by atoms with Crippen LogP contribution in [0.4, 0.5) is 0 Å². The maximum atomic E-state index is 12.8. The predicted molar refractivity (Wildman–Crippen MR) is 107 cm³/mol. The van der Waals surface area contributed by atoms with Crippen molar-refractivity contribution in [1.29, 1.82) is 0 Å². The fourth-order valence-corrected chi connectivity index (χ4v) is 3.00. The Morgan fingerprint density at radius 2 is 1.96 bits per heavy atom. The third-order valence-corrected chi connectivity index (χ3v) is 4.44. The van der Waals surface area contributed by atoms with Gasteiger partial charge in [0.25, 0.3) is 5.56 Å². The molecule has 0 atom stereocenters. The first kappa shape index (κ1) is 20.7. The fraction of sp³-hybridized carbons (Fsp3) is 0.316. The smallest absolute Gasteiger partial charge is 0.276 e. The quantitative estimate of drug-likeness (QED) is 0.637. The van der Waals surface area contributed by atoms with Crippen LogP contribution < -0.4 is 11.3 Å². The number of fused-ring (bicyclic) bond motifs is 1. The van der Waals surface area contributed by atoms with E-state index in [4.69, 9.17) is 5.73 Å². The second-order valence-electron chi connectivity index (χ2n) is 6.22. The van der Waals surface area contributed by atoms with Crippen molar-refractivity contribution in [2.24, 2.45) is 5.73 Å². The van der Waals surface area contributed by atoms with E-state index in [9.17, 15) is 9.59 Å². The summed E-state index contributed by atoms with van der Waals surface area (Å²) in [5.41, 5.74) is 8.14. The molecule has 3 aromatic rings. The van der Waals surface area contributed by atoms with Gasteiger partial charge in [-0.1, -0.05) is 30.3 Å². The van der Waals surface area contributed by atoms with Crippen molar-refractivity contribution in [3.8, 4) is 0 Å². The Balaban J connectivity index is 0.00000261. The summed E-state index contributed by atoms with van der Waals surface area (Å²) in [6.07, 6.45) is 2.42. The Morgan fingerprint density at radius 3 is 2.67 bits per heavy atom. The highest BCUT2D eigenvalue weighted by Crippen LogP contribution is 2.07. The number of hydrogen-bond acceptors (Lipinski definition) is 4.